The SMILES string of the molecule is COc1cccc(OC)c1C(=O)NCc1nnc(SCc2ccccc2)n1-c1ccc([N+](=O)[O-])cc1. The van der Waals surface area contributed by atoms with Crippen LogP contribution in [0.3, 0.4) is 0 Å². The van der Waals surface area contributed by atoms with Crippen LogP contribution in [-0.2, 0) is 12.3 Å². The Morgan fingerprint density at radius 1 is 0.972 bits per heavy atom. The first-order valence-corrected chi connectivity index (χ1v) is 11.9. The largest absolute Gasteiger partial charge is 0.496 e. The third-order valence-corrected chi connectivity index (χ3v) is 6.29. The Kier molecular flexibility index (Phi) is 7.81. The highest BCUT2D eigenvalue weighted by atomic mass is 32.2. The smallest absolute Gasteiger partial charge is 0.269 e. The van der Waals surface area contributed by atoms with Crippen LogP contribution in [-0.4, -0.2) is 39.8 Å². The van der Waals surface area contributed by atoms with Crippen molar-refractivity contribution in [3.8, 4) is 17.2 Å². The molecule has 0 saturated heterocycles. The average Bonchev–Trinajstić information content (AvgIpc) is 3.33. The lowest BCUT2D eigenvalue weighted by atomic mass is 10.1. The molecule has 0 aliphatic carbocycles. The second kappa shape index (κ2) is 11.4. The molecule has 10 nitrogen and oxygen atoms in total. The summed E-state index contributed by atoms with van der Waals surface area (Å²) in [5.41, 5.74) is 1.99. The predicted molar refractivity (Wildman–Crippen MR) is 135 cm³/mol. The van der Waals surface area contributed by atoms with E-state index in [0.717, 1.165) is 5.56 Å². The number of carbonyl (C=O) groups is 1. The third-order valence-electron chi connectivity index (χ3n) is 5.29. The molecule has 1 N–H and O–H groups in total. The zero-order valence-electron chi connectivity index (χ0n) is 19.6. The molecule has 0 saturated carbocycles. The predicted octanol–water partition coefficient (Wildman–Crippen LogP) is 4.42. The normalized spacial score (nSPS) is 10.6. The van der Waals surface area contributed by atoms with E-state index in [4.69, 9.17) is 9.47 Å². The van der Waals surface area contributed by atoms with Crippen molar-refractivity contribution in [3.63, 3.8) is 0 Å². The van der Waals surface area contributed by atoms with Crippen LogP contribution >= 0.6 is 11.8 Å². The molecule has 1 amide bonds. The molecule has 0 radical (unpaired) electrons. The summed E-state index contributed by atoms with van der Waals surface area (Å²) in [6.45, 7) is 0.0515. The second-order valence-electron chi connectivity index (χ2n) is 7.50. The van der Waals surface area contributed by atoms with E-state index in [0.29, 0.717) is 33.9 Å². The number of non-ortho nitro benzene ring substituents is 1. The molecule has 1 aromatic heterocycles. The first-order valence-electron chi connectivity index (χ1n) is 10.9. The van der Waals surface area contributed by atoms with Crippen molar-refractivity contribution in [3.05, 3.63) is 99.9 Å². The minimum Gasteiger partial charge on any atom is -0.496 e. The summed E-state index contributed by atoms with van der Waals surface area (Å²) < 4.78 is 12.4. The van der Waals surface area contributed by atoms with E-state index >= 15 is 0 Å². The molecule has 0 unspecified atom stereocenters. The van der Waals surface area contributed by atoms with Gasteiger partial charge in [-0.05, 0) is 29.8 Å². The molecule has 4 aromatic rings. The first kappa shape index (κ1) is 24.7. The summed E-state index contributed by atoms with van der Waals surface area (Å²) in [5.74, 6) is 1.46. The van der Waals surface area contributed by atoms with E-state index in [-0.39, 0.29) is 17.8 Å². The number of thioether (sulfide) groups is 1. The number of nitro groups is 1. The molecule has 0 aliphatic heterocycles. The Hall–Kier alpha value is -4.38. The summed E-state index contributed by atoms with van der Waals surface area (Å²) in [4.78, 5) is 23.7. The van der Waals surface area contributed by atoms with Gasteiger partial charge in [-0.3, -0.25) is 19.5 Å². The first-order chi connectivity index (χ1) is 17.5. The maximum atomic E-state index is 13.1. The minimum absolute atomic E-state index is 0.0246. The maximum absolute atomic E-state index is 13.1. The fraction of sp³-hybridized carbons (Fsp3) is 0.160. The average molecular weight is 506 g/mol. The van der Waals surface area contributed by atoms with Crippen LogP contribution in [0.2, 0.25) is 0 Å². The van der Waals surface area contributed by atoms with Crippen molar-refractivity contribution in [2.45, 2.75) is 17.5 Å². The zero-order valence-corrected chi connectivity index (χ0v) is 20.4. The number of carbonyl (C=O) groups excluding carboxylic acids is 1. The second-order valence-corrected chi connectivity index (χ2v) is 8.44. The van der Waals surface area contributed by atoms with Crippen molar-refractivity contribution in [2.75, 3.05) is 14.2 Å². The number of hydrogen-bond donors (Lipinski definition) is 1. The molecule has 11 heteroatoms. The Morgan fingerprint density at radius 3 is 2.25 bits per heavy atom. The summed E-state index contributed by atoms with van der Waals surface area (Å²) >= 11 is 1.47. The number of aromatic nitrogens is 3. The van der Waals surface area contributed by atoms with Gasteiger partial charge in [-0.2, -0.15) is 0 Å². The van der Waals surface area contributed by atoms with E-state index in [1.54, 1.807) is 34.9 Å². The van der Waals surface area contributed by atoms with Crippen LogP contribution in [0.15, 0.2) is 78.0 Å². The van der Waals surface area contributed by atoms with Crippen LogP contribution in [0.5, 0.6) is 11.5 Å². The number of hydrogen-bond acceptors (Lipinski definition) is 8. The quantitative estimate of drug-likeness (QED) is 0.191. The molecule has 0 fully saturated rings. The van der Waals surface area contributed by atoms with Crippen LogP contribution in [0.4, 0.5) is 5.69 Å². The Morgan fingerprint density at radius 2 is 1.64 bits per heavy atom. The van der Waals surface area contributed by atoms with Crippen LogP contribution in [0.25, 0.3) is 5.69 Å². The molecular formula is C25H23N5O5S. The number of rotatable bonds is 10. The lowest BCUT2D eigenvalue weighted by Gasteiger charge is -2.14. The van der Waals surface area contributed by atoms with Crippen LogP contribution in [0, 0.1) is 10.1 Å². The summed E-state index contributed by atoms with van der Waals surface area (Å²) in [7, 11) is 2.96. The minimum atomic E-state index is -0.456. The van der Waals surface area contributed by atoms with Crippen molar-refractivity contribution >= 4 is 23.4 Å². The third kappa shape index (κ3) is 5.47. The topological polar surface area (TPSA) is 121 Å². The standard InChI is InChI=1S/C25H23N5O5S/c1-34-20-9-6-10-21(35-2)23(20)24(31)26-15-22-27-28-25(36-16-17-7-4-3-5-8-17)29(22)18-11-13-19(14-12-18)30(32)33/h3-14H,15-16H2,1-2H3,(H,26,31). The summed E-state index contributed by atoms with van der Waals surface area (Å²) in [6, 6.07) is 21.1. The Labute approximate surface area is 211 Å². The molecule has 0 spiro atoms. The Bertz CT molecular complexity index is 1340. The summed E-state index contributed by atoms with van der Waals surface area (Å²) in [5, 5.41) is 23.2. The van der Waals surface area contributed by atoms with Gasteiger partial charge < -0.3 is 14.8 Å². The maximum Gasteiger partial charge on any atom is 0.269 e. The summed E-state index contributed by atoms with van der Waals surface area (Å²) in [6.07, 6.45) is 0. The fourth-order valence-electron chi connectivity index (χ4n) is 3.54. The highest BCUT2D eigenvalue weighted by Gasteiger charge is 2.21. The molecule has 1 heterocycles. The van der Waals surface area contributed by atoms with E-state index in [1.807, 2.05) is 30.3 Å². The highest BCUT2D eigenvalue weighted by molar-refractivity contribution is 7.98. The van der Waals surface area contributed by atoms with Crippen molar-refractivity contribution in [1.82, 2.24) is 20.1 Å². The van der Waals surface area contributed by atoms with Gasteiger partial charge in [-0.1, -0.05) is 48.2 Å². The lowest BCUT2D eigenvalue weighted by molar-refractivity contribution is -0.384. The van der Waals surface area contributed by atoms with Crippen LogP contribution < -0.4 is 14.8 Å². The molecular weight excluding hydrogens is 482 g/mol. The van der Waals surface area contributed by atoms with Gasteiger partial charge in [0.1, 0.15) is 17.1 Å². The van der Waals surface area contributed by atoms with Crippen molar-refractivity contribution < 1.29 is 19.2 Å². The number of methoxy groups -OCH3 is 2. The number of nitrogens with one attached hydrogen (secondary N) is 1. The molecule has 184 valence electrons. The van der Waals surface area contributed by atoms with Crippen molar-refractivity contribution in [1.29, 1.82) is 0 Å². The van der Waals surface area contributed by atoms with Crippen molar-refractivity contribution in [2.24, 2.45) is 0 Å². The van der Waals surface area contributed by atoms with Gasteiger partial charge in [0.05, 0.1) is 25.7 Å². The molecule has 3 aromatic carbocycles. The van der Waals surface area contributed by atoms with Gasteiger partial charge in [0.15, 0.2) is 11.0 Å². The monoisotopic (exact) mass is 505 g/mol. The molecule has 0 bridgehead atoms. The van der Waals surface area contributed by atoms with E-state index in [2.05, 4.69) is 15.5 Å². The molecule has 0 atom stereocenters. The van der Waals surface area contributed by atoms with E-state index in [1.165, 1.54) is 38.1 Å². The Balaban J connectivity index is 1.62. The van der Waals surface area contributed by atoms with E-state index in [9.17, 15) is 14.9 Å². The van der Waals surface area contributed by atoms with Gasteiger partial charge in [-0.15, -0.1) is 10.2 Å². The number of benzene rings is 3. The van der Waals surface area contributed by atoms with Gasteiger partial charge >= 0.3 is 0 Å². The molecule has 4 rings (SSSR count). The number of nitro benzene ring substituents is 1. The molecule has 0 aliphatic rings. The van der Waals surface area contributed by atoms with Gasteiger partial charge in [0.2, 0.25) is 0 Å². The number of nitrogens with zero attached hydrogens (tertiary/aromatic N) is 4. The lowest BCUT2D eigenvalue weighted by Crippen LogP contribution is -2.25. The number of ether oxygens (including phenoxy) is 2. The molecule has 36 heavy (non-hydrogen) atoms. The fourth-order valence-corrected chi connectivity index (χ4v) is 4.46. The number of amides is 1. The van der Waals surface area contributed by atoms with Gasteiger partial charge in [0, 0.05) is 23.6 Å². The van der Waals surface area contributed by atoms with Gasteiger partial charge in [-0.25, -0.2) is 0 Å². The highest BCUT2D eigenvalue weighted by Crippen LogP contribution is 2.29. The van der Waals surface area contributed by atoms with E-state index < -0.39 is 10.8 Å². The zero-order chi connectivity index (χ0) is 25.5. The van der Waals surface area contributed by atoms with Gasteiger partial charge in [0.25, 0.3) is 11.6 Å². The van der Waals surface area contributed by atoms with Crippen LogP contribution in [0.1, 0.15) is 21.7 Å².